The minimum absolute atomic E-state index is 0.241. The van der Waals surface area contributed by atoms with E-state index < -0.39 is 11.7 Å². The van der Waals surface area contributed by atoms with E-state index >= 15 is 0 Å². The molecule has 1 aromatic rings. The lowest BCUT2D eigenvalue weighted by Gasteiger charge is -2.27. The summed E-state index contributed by atoms with van der Waals surface area (Å²) >= 11 is 0. The van der Waals surface area contributed by atoms with E-state index in [1.165, 1.54) is 6.07 Å². The summed E-state index contributed by atoms with van der Waals surface area (Å²) in [5.41, 5.74) is -0.704. The summed E-state index contributed by atoms with van der Waals surface area (Å²) in [5, 5.41) is 0. The lowest BCUT2D eigenvalue weighted by Crippen LogP contribution is -2.37. The summed E-state index contributed by atoms with van der Waals surface area (Å²) in [6.45, 7) is 4.31. The first-order valence-corrected chi connectivity index (χ1v) is 8.33. The van der Waals surface area contributed by atoms with Gasteiger partial charge in [0, 0.05) is 38.9 Å². The summed E-state index contributed by atoms with van der Waals surface area (Å²) in [6.07, 6.45) is 3.70. The number of anilines is 1. The van der Waals surface area contributed by atoms with Gasteiger partial charge in [0.1, 0.15) is 11.9 Å². The third kappa shape index (κ3) is 4.41. The molecule has 0 spiro atoms. The van der Waals surface area contributed by atoms with Crippen molar-refractivity contribution >= 4 is 5.82 Å². The highest BCUT2D eigenvalue weighted by Gasteiger charge is 2.31. The number of aromatic nitrogens is 1. The Bertz CT molecular complexity index is 559. The number of halogens is 3. The molecule has 1 fully saturated rings. The van der Waals surface area contributed by atoms with E-state index in [2.05, 4.69) is 14.8 Å². The number of allylic oxidation sites excluding steroid dienone is 1. The summed E-state index contributed by atoms with van der Waals surface area (Å²) in [5.74, 6) is 0.613. The normalized spacial score (nSPS) is 23.0. The predicted molar refractivity (Wildman–Crippen MR) is 85.8 cm³/mol. The molecule has 1 aromatic heterocycles. The van der Waals surface area contributed by atoms with Crippen molar-refractivity contribution in [3.63, 3.8) is 0 Å². The van der Waals surface area contributed by atoms with Crippen molar-refractivity contribution in [3.8, 4) is 0 Å². The first-order chi connectivity index (χ1) is 11.5. The number of ether oxygens (including phenoxy) is 1. The molecule has 3 heterocycles. The van der Waals surface area contributed by atoms with Gasteiger partial charge in [0.2, 0.25) is 0 Å². The Hall–Kier alpha value is -1.76. The maximum Gasteiger partial charge on any atom is 0.417 e. The van der Waals surface area contributed by atoms with Gasteiger partial charge in [-0.05, 0) is 37.5 Å². The van der Waals surface area contributed by atoms with Crippen LogP contribution in [-0.2, 0) is 10.9 Å². The number of nitrogens with zero attached hydrogens (tertiary/aromatic N) is 3. The van der Waals surface area contributed by atoms with E-state index in [4.69, 9.17) is 4.74 Å². The van der Waals surface area contributed by atoms with Crippen LogP contribution in [-0.4, -0.2) is 48.7 Å². The van der Waals surface area contributed by atoms with Crippen LogP contribution < -0.4 is 4.90 Å². The zero-order chi connectivity index (χ0) is 17.0. The molecule has 0 radical (unpaired) electrons. The first kappa shape index (κ1) is 17.1. The van der Waals surface area contributed by atoms with Gasteiger partial charge in [-0.25, -0.2) is 4.98 Å². The maximum atomic E-state index is 12.6. The van der Waals surface area contributed by atoms with Gasteiger partial charge < -0.3 is 9.64 Å². The second-order valence-electron chi connectivity index (χ2n) is 6.25. The largest absolute Gasteiger partial charge is 0.497 e. The molecule has 0 bridgehead atoms. The molecule has 0 amide bonds. The van der Waals surface area contributed by atoms with Gasteiger partial charge in [0.25, 0.3) is 0 Å². The average Bonchev–Trinajstić information content (AvgIpc) is 2.81. The number of pyridine rings is 1. The van der Waals surface area contributed by atoms with Crippen molar-refractivity contribution in [2.24, 2.45) is 0 Å². The SMILES string of the molecule is FC(F)(F)c1ccc(N2CCCN(C[C@H]3CCC=CO3)CC2)nc1. The Labute approximate surface area is 139 Å². The highest BCUT2D eigenvalue weighted by atomic mass is 19.4. The van der Waals surface area contributed by atoms with Crippen molar-refractivity contribution in [1.29, 1.82) is 0 Å². The van der Waals surface area contributed by atoms with Crippen molar-refractivity contribution < 1.29 is 17.9 Å². The molecule has 132 valence electrons. The van der Waals surface area contributed by atoms with Crippen LogP contribution in [0.4, 0.5) is 19.0 Å². The lowest BCUT2D eigenvalue weighted by atomic mass is 10.1. The number of rotatable bonds is 3. The van der Waals surface area contributed by atoms with Crippen LogP contribution >= 0.6 is 0 Å². The van der Waals surface area contributed by atoms with E-state index in [1.54, 1.807) is 6.26 Å². The highest BCUT2D eigenvalue weighted by molar-refractivity contribution is 5.40. The van der Waals surface area contributed by atoms with Gasteiger partial charge in [0.05, 0.1) is 11.8 Å². The Kier molecular flexibility index (Phi) is 5.28. The van der Waals surface area contributed by atoms with E-state index in [1.807, 2.05) is 6.08 Å². The summed E-state index contributed by atoms with van der Waals surface area (Å²) in [4.78, 5) is 8.43. The molecule has 0 aliphatic carbocycles. The van der Waals surface area contributed by atoms with Gasteiger partial charge in [-0.1, -0.05) is 0 Å². The third-order valence-electron chi connectivity index (χ3n) is 4.47. The van der Waals surface area contributed by atoms with Crippen molar-refractivity contribution in [3.05, 3.63) is 36.2 Å². The van der Waals surface area contributed by atoms with Crippen molar-refractivity contribution in [1.82, 2.24) is 9.88 Å². The number of alkyl halides is 3. The van der Waals surface area contributed by atoms with Gasteiger partial charge >= 0.3 is 6.18 Å². The predicted octanol–water partition coefficient (Wildman–Crippen LogP) is 3.31. The van der Waals surface area contributed by atoms with Gasteiger partial charge in [-0.2, -0.15) is 13.2 Å². The third-order valence-corrected chi connectivity index (χ3v) is 4.47. The minimum atomic E-state index is -4.34. The summed E-state index contributed by atoms with van der Waals surface area (Å²) < 4.78 is 43.5. The van der Waals surface area contributed by atoms with E-state index in [0.717, 1.165) is 64.2 Å². The van der Waals surface area contributed by atoms with Crippen LogP contribution in [0.2, 0.25) is 0 Å². The standard InChI is InChI=1S/C17H22F3N3O/c18-17(19,20)14-5-6-16(21-12-14)23-8-3-7-22(9-10-23)13-15-4-1-2-11-24-15/h2,5-6,11-12,15H,1,3-4,7-10,13H2/t15-/m1/s1. The van der Waals surface area contributed by atoms with E-state index in [-0.39, 0.29) is 6.10 Å². The fourth-order valence-electron chi connectivity index (χ4n) is 3.13. The van der Waals surface area contributed by atoms with Crippen LogP contribution in [0.1, 0.15) is 24.8 Å². The maximum absolute atomic E-state index is 12.6. The first-order valence-electron chi connectivity index (χ1n) is 8.33. The Balaban J connectivity index is 1.56. The quantitative estimate of drug-likeness (QED) is 0.843. The van der Waals surface area contributed by atoms with Gasteiger partial charge in [-0.15, -0.1) is 0 Å². The molecule has 0 aromatic carbocycles. The van der Waals surface area contributed by atoms with Crippen molar-refractivity contribution in [2.45, 2.75) is 31.5 Å². The molecule has 0 unspecified atom stereocenters. The van der Waals surface area contributed by atoms with Crippen LogP contribution in [0.5, 0.6) is 0 Å². The highest BCUT2D eigenvalue weighted by Crippen LogP contribution is 2.29. The fourth-order valence-corrected chi connectivity index (χ4v) is 3.13. The molecule has 24 heavy (non-hydrogen) atoms. The molecule has 4 nitrogen and oxygen atoms in total. The molecule has 1 saturated heterocycles. The van der Waals surface area contributed by atoms with Gasteiger partial charge in [-0.3, -0.25) is 4.90 Å². The van der Waals surface area contributed by atoms with Crippen LogP contribution in [0.15, 0.2) is 30.7 Å². The number of hydrogen-bond acceptors (Lipinski definition) is 4. The van der Waals surface area contributed by atoms with Crippen LogP contribution in [0.25, 0.3) is 0 Å². The molecule has 7 heteroatoms. The van der Waals surface area contributed by atoms with Crippen LogP contribution in [0, 0.1) is 0 Å². The molecule has 0 saturated carbocycles. The van der Waals surface area contributed by atoms with Crippen molar-refractivity contribution in [2.75, 3.05) is 37.6 Å². The Morgan fingerprint density at radius 1 is 1.17 bits per heavy atom. The second-order valence-corrected chi connectivity index (χ2v) is 6.25. The minimum Gasteiger partial charge on any atom is -0.497 e. The average molecular weight is 341 g/mol. The Morgan fingerprint density at radius 2 is 2.04 bits per heavy atom. The molecule has 2 aliphatic heterocycles. The zero-order valence-corrected chi connectivity index (χ0v) is 13.5. The number of hydrogen-bond donors (Lipinski definition) is 0. The van der Waals surface area contributed by atoms with E-state index in [0.29, 0.717) is 5.82 Å². The van der Waals surface area contributed by atoms with E-state index in [9.17, 15) is 13.2 Å². The molecule has 2 aliphatic rings. The topological polar surface area (TPSA) is 28.6 Å². The summed E-state index contributed by atoms with van der Waals surface area (Å²) in [6, 6.07) is 2.57. The fraction of sp³-hybridized carbons (Fsp3) is 0.588. The lowest BCUT2D eigenvalue weighted by molar-refractivity contribution is -0.137. The Morgan fingerprint density at radius 3 is 2.71 bits per heavy atom. The van der Waals surface area contributed by atoms with Crippen LogP contribution in [0.3, 0.4) is 0 Å². The second kappa shape index (κ2) is 7.42. The summed E-state index contributed by atoms with van der Waals surface area (Å²) in [7, 11) is 0. The molecular weight excluding hydrogens is 319 g/mol. The molecular formula is C17H22F3N3O. The smallest absolute Gasteiger partial charge is 0.417 e. The molecule has 0 N–H and O–H groups in total. The van der Waals surface area contributed by atoms with Gasteiger partial charge in [0.15, 0.2) is 0 Å². The molecule has 1 atom stereocenters. The molecule has 3 rings (SSSR count). The monoisotopic (exact) mass is 341 g/mol. The zero-order valence-electron chi connectivity index (χ0n) is 13.5.